The molecule has 1 aromatic carbocycles. The Balaban J connectivity index is 0.00000261. The number of nitrogens with one attached hydrogen (secondary N) is 2. The lowest BCUT2D eigenvalue weighted by Gasteiger charge is -2.29. The van der Waals surface area contributed by atoms with E-state index in [-0.39, 0.29) is 24.0 Å². The number of likely N-dealkylation sites (tertiary alicyclic amines) is 1. The first-order valence-electron chi connectivity index (χ1n) is 9.53. The largest absolute Gasteiger partial charge is 0.386 e. The molecule has 0 amide bonds. The molecule has 27 heavy (non-hydrogen) atoms. The van der Waals surface area contributed by atoms with Gasteiger partial charge in [0, 0.05) is 22.7 Å². The fraction of sp³-hybridized carbons (Fsp3) is 0.550. The highest BCUT2D eigenvalue weighted by Gasteiger charge is 2.17. The van der Waals surface area contributed by atoms with Crippen molar-refractivity contribution in [3.8, 4) is 0 Å². The van der Waals surface area contributed by atoms with Gasteiger partial charge in [0.05, 0.1) is 6.54 Å². The normalized spacial score (nSPS) is 17.5. The van der Waals surface area contributed by atoms with Crippen LogP contribution in [-0.4, -0.2) is 55.7 Å². The summed E-state index contributed by atoms with van der Waals surface area (Å²) in [6.45, 7) is 6.54. The van der Waals surface area contributed by atoms with Crippen molar-refractivity contribution in [2.24, 2.45) is 10.9 Å². The van der Waals surface area contributed by atoms with Gasteiger partial charge in [-0.1, -0.05) is 18.2 Å². The number of benzene rings is 1. The van der Waals surface area contributed by atoms with Crippen LogP contribution < -0.4 is 10.6 Å². The fourth-order valence-electron chi connectivity index (χ4n) is 3.28. The molecule has 3 N–H and O–H groups in total. The molecule has 0 saturated carbocycles. The number of aliphatic hydroxyl groups is 1. The number of thiophene rings is 1. The third-order valence-electron chi connectivity index (χ3n) is 4.94. The van der Waals surface area contributed by atoms with Crippen molar-refractivity contribution >= 4 is 51.4 Å². The molecule has 2 aromatic rings. The van der Waals surface area contributed by atoms with Gasteiger partial charge >= 0.3 is 0 Å². The first-order valence-corrected chi connectivity index (χ1v) is 10.3. The molecular formula is C20H31IN4OS. The Labute approximate surface area is 183 Å². The van der Waals surface area contributed by atoms with E-state index in [0.717, 1.165) is 23.9 Å². The zero-order valence-corrected chi connectivity index (χ0v) is 19.3. The lowest BCUT2D eigenvalue weighted by Crippen LogP contribution is -2.42. The molecule has 1 aliphatic rings. The molecule has 1 atom stereocenters. The molecule has 1 aliphatic heterocycles. The monoisotopic (exact) mass is 502 g/mol. The minimum atomic E-state index is -0.564. The topological polar surface area (TPSA) is 59.9 Å². The number of fused-ring (bicyclic) bond motifs is 1. The first-order chi connectivity index (χ1) is 12.7. The molecule has 0 aliphatic carbocycles. The van der Waals surface area contributed by atoms with Crippen molar-refractivity contribution in [1.82, 2.24) is 15.5 Å². The maximum atomic E-state index is 10.5. The summed E-state index contributed by atoms with van der Waals surface area (Å²) >= 11 is 1.64. The van der Waals surface area contributed by atoms with Crippen molar-refractivity contribution in [3.05, 3.63) is 35.2 Å². The Morgan fingerprint density at radius 1 is 1.30 bits per heavy atom. The molecule has 0 bridgehead atoms. The summed E-state index contributed by atoms with van der Waals surface area (Å²) in [6.07, 6.45) is 1.90. The van der Waals surface area contributed by atoms with Crippen LogP contribution in [-0.2, 0) is 0 Å². The van der Waals surface area contributed by atoms with Crippen LogP contribution >= 0.6 is 35.3 Å². The lowest BCUT2D eigenvalue weighted by atomic mass is 9.97. The lowest BCUT2D eigenvalue weighted by molar-refractivity contribution is 0.191. The van der Waals surface area contributed by atoms with Gasteiger partial charge in [0.1, 0.15) is 6.10 Å². The number of hydrogen-bond acceptors (Lipinski definition) is 4. The van der Waals surface area contributed by atoms with Gasteiger partial charge in [0.15, 0.2) is 5.96 Å². The number of guanidine groups is 1. The summed E-state index contributed by atoms with van der Waals surface area (Å²) in [5, 5.41) is 18.4. The molecule has 5 nitrogen and oxygen atoms in total. The highest BCUT2D eigenvalue weighted by atomic mass is 127. The van der Waals surface area contributed by atoms with Crippen LogP contribution in [0.2, 0.25) is 0 Å². The smallest absolute Gasteiger partial charge is 0.191 e. The van der Waals surface area contributed by atoms with Gasteiger partial charge in [0.25, 0.3) is 0 Å². The number of rotatable bonds is 6. The van der Waals surface area contributed by atoms with E-state index < -0.39 is 6.10 Å². The number of piperidine rings is 1. The maximum Gasteiger partial charge on any atom is 0.191 e. The fourth-order valence-corrected chi connectivity index (χ4v) is 4.33. The average molecular weight is 502 g/mol. The zero-order chi connectivity index (χ0) is 18.4. The van der Waals surface area contributed by atoms with Crippen LogP contribution in [0.4, 0.5) is 0 Å². The van der Waals surface area contributed by atoms with Gasteiger partial charge in [-0.15, -0.1) is 35.3 Å². The molecular weight excluding hydrogens is 471 g/mol. The van der Waals surface area contributed by atoms with Crippen molar-refractivity contribution in [2.75, 3.05) is 39.8 Å². The van der Waals surface area contributed by atoms with Crippen LogP contribution in [0.15, 0.2) is 35.3 Å². The Kier molecular flexibility index (Phi) is 9.28. The average Bonchev–Trinajstić information content (AvgIpc) is 3.09. The molecule has 150 valence electrons. The first kappa shape index (κ1) is 22.4. The zero-order valence-electron chi connectivity index (χ0n) is 16.1. The van der Waals surface area contributed by atoms with E-state index in [1.54, 1.807) is 11.3 Å². The predicted molar refractivity (Wildman–Crippen MR) is 126 cm³/mol. The Morgan fingerprint density at radius 3 is 2.74 bits per heavy atom. The van der Waals surface area contributed by atoms with Crippen LogP contribution in [0.3, 0.4) is 0 Å². The number of nitrogens with zero attached hydrogens (tertiary/aromatic N) is 2. The molecule has 0 spiro atoms. The Morgan fingerprint density at radius 2 is 2.04 bits per heavy atom. The van der Waals surface area contributed by atoms with E-state index in [9.17, 15) is 5.11 Å². The van der Waals surface area contributed by atoms with Crippen LogP contribution in [0, 0.1) is 5.92 Å². The minimum Gasteiger partial charge on any atom is -0.386 e. The van der Waals surface area contributed by atoms with E-state index in [2.05, 4.69) is 52.7 Å². The summed E-state index contributed by atoms with van der Waals surface area (Å²) in [5.41, 5.74) is 0. The van der Waals surface area contributed by atoms with Gasteiger partial charge in [-0.25, -0.2) is 0 Å². The van der Waals surface area contributed by atoms with Gasteiger partial charge in [0.2, 0.25) is 0 Å². The quantitative estimate of drug-likeness (QED) is 0.322. The summed E-state index contributed by atoms with van der Waals surface area (Å²) in [7, 11) is 2.19. The number of aliphatic hydroxyl groups excluding tert-OH is 1. The molecule has 2 heterocycles. The van der Waals surface area contributed by atoms with E-state index in [4.69, 9.17) is 0 Å². The second-order valence-electron chi connectivity index (χ2n) is 7.05. The third kappa shape index (κ3) is 6.58. The molecule has 1 unspecified atom stereocenters. The Hall–Kier alpha value is -0.900. The summed E-state index contributed by atoms with van der Waals surface area (Å²) in [4.78, 5) is 7.96. The summed E-state index contributed by atoms with van der Waals surface area (Å²) in [6, 6.07) is 10.3. The highest BCUT2D eigenvalue weighted by molar-refractivity contribution is 14.0. The minimum absolute atomic E-state index is 0. The molecule has 1 aromatic heterocycles. The van der Waals surface area contributed by atoms with E-state index in [1.807, 2.05) is 12.1 Å². The van der Waals surface area contributed by atoms with Crippen molar-refractivity contribution in [2.45, 2.75) is 25.9 Å². The maximum absolute atomic E-state index is 10.5. The summed E-state index contributed by atoms with van der Waals surface area (Å²) < 4.78 is 1.21. The van der Waals surface area contributed by atoms with E-state index >= 15 is 0 Å². The van der Waals surface area contributed by atoms with Crippen molar-refractivity contribution in [1.29, 1.82) is 0 Å². The van der Waals surface area contributed by atoms with E-state index in [0.29, 0.717) is 12.5 Å². The van der Waals surface area contributed by atoms with Crippen LogP contribution in [0.25, 0.3) is 10.1 Å². The SMILES string of the molecule is CCNC(=NCC(O)c1cc2ccccc2s1)NCC1CCN(C)CC1.I. The third-order valence-corrected chi connectivity index (χ3v) is 6.15. The standard InChI is InChI=1S/C20H30N4OS.HI/c1-3-21-20(22-13-15-8-10-24(2)11-9-15)23-14-17(25)19-12-16-6-4-5-7-18(16)26-19;/h4-7,12,15,17,25H,3,8-11,13-14H2,1-2H3,(H2,21,22,23);1H. The van der Waals surface area contributed by atoms with Gasteiger partial charge in [-0.05, 0) is 63.3 Å². The van der Waals surface area contributed by atoms with Crippen molar-refractivity contribution < 1.29 is 5.11 Å². The van der Waals surface area contributed by atoms with Gasteiger partial charge in [-0.2, -0.15) is 0 Å². The van der Waals surface area contributed by atoms with Crippen LogP contribution in [0.1, 0.15) is 30.7 Å². The predicted octanol–water partition coefficient (Wildman–Crippen LogP) is 3.45. The molecule has 1 fully saturated rings. The molecule has 7 heteroatoms. The Bertz CT molecular complexity index is 695. The number of aliphatic imine (C=N–C) groups is 1. The molecule has 0 radical (unpaired) electrons. The van der Waals surface area contributed by atoms with Crippen LogP contribution in [0.5, 0.6) is 0 Å². The molecule has 3 rings (SSSR count). The second kappa shape index (κ2) is 11.2. The highest BCUT2D eigenvalue weighted by Crippen LogP contribution is 2.29. The molecule has 1 saturated heterocycles. The second-order valence-corrected chi connectivity index (χ2v) is 8.16. The summed E-state index contributed by atoms with van der Waals surface area (Å²) in [5.74, 6) is 1.49. The number of halogens is 1. The van der Waals surface area contributed by atoms with Crippen molar-refractivity contribution in [3.63, 3.8) is 0 Å². The number of hydrogen-bond donors (Lipinski definition) is 3. The van der Waals surface area contributed by atoms with Gasteiger partial charge < -0.3 is 20.6 Å². The van der Waals surface area contributed by atoms with E-state index in [1.165, 1.54) is 36.0 Å². The van der Waals surface area contributed by atoms with Gasteiger partial charge in [-0.3, -0.25) is 4.99 Å².